The molecule has 6 nitrogen and oxygen atoms in total. The van der Waals surface area contributed by atoms with Gasteiger partial charge in [-0.05, 0) is 49.9 Å². The van der Waals surface area contributed by atoms with Gasteiger partial charge in [-0.25, -0.2) is 9.67 Å². The molecular weight excluding hydrogens is 324 g/mol. The Kier molecular flexibility index (Phi) is 4.06. The molecular formula is C17H19ClN6. The molecule has 0 aliphatic heterocycles. The first-order valence-corrected chi connectivity index (χ1v) is 8.64. The number of benzene rings is 1. The molecule has 0 saturated heterocycles. The molecule has 1 fully saturated rings. The molecule has 1 aliphatic rings. The SMILES string of the molecule is CCn1nc(-c2ccc(Cl)cc2)nc1CC1CC(n2cnnc2)C1. The molecule has 7 heteroatoms. The van der Waals surface area contributed by atoms with Gasteiger partial charge in [-0.1, -0.05) is 11.6 Å². The third-order valence-electron chi connectivity index (χ3n) is 4.69. The van der Waals surface area contributed by atoms with E-state index in [1.807, 2.05) is 28.9 Å². The van der Waals surface area contributed by atoms with E-state index in [0.717, 1.165) is 48.0 Å². The smallest absolute Gasteiger partial charge is 0.181 e. The van der Waals surface area contributed by atoms with Crippen LogP contribution in [0.2, 0.25) is 5.02 Å². The third-order valence-corrected chi connectivity index (χ3v) is 4.94. The van der Waals surface area contributed by atoms with Crippen molar-refractivity contribution in [1.29, 1.82) is 0 Å². The Labute approximate surface area is 145 Å². The highest BCUT2D eigenvalue weighted by Gasteiger charge is 2.31. The second kappa shape index (κ2) is 6.36. The minimum absolute atomic E-state index is 0.527. The summed E-state index contributed by atoms with van der Waals surface area (Å²) in [5, 5.41) is 13.1. The Morgan fingerprint density at radius 2 is 1.83 bits per heavy atom. The minimum Gasteiger partial charge on any atom is -0.317 e. The molecule has 1 saturated carbocycles. The van der Waals surface area contributed by atoms with Crippen molar-refractivity contribution < 1.29 is 0 Å². The first-order valence-electron chi connectivity index (χ1n) is 8.26. The van der Waals surface area contributed by atoms with Gasteiger partial charge in [0, 0.05) is 29.6 Å². The van der Waals surface area contributed by atoms with E-state index in [0.29, 0.717) is 12.0 Å². The third kappa shape index (κ3) is 2.94. The highest BCUT2D eigenvalue weighted by molar-refractivity contribution is 6.30. The number of hydrogen-bond donors (Lipinski definition) is 0. The van der Waals surface area contributed by atoms with Crippen LogP contribution in [-0.4, -0.2) is 29.5 Å². The Morgan fingerprint density at radius 3 is 2.50 bits per heavy atom. The normalized spacial score (nSPS) is 20.1. The molecule has 0 radical (unpaired) electrons. The summed E-state index contributed by atoms with van der Waals surface area (Å²) < 4.78 is 4.11. The lowest BCUT2D eigenvalue weighted by Crippen LogP contribution is -2.28. The van der Waals surface area contributed by atoms with E-state index < -0.39 is 0 Å². The van der Waals surface area contributed by atoms with Gasteiger partial charge in [0.2, 0.25) is 0 Å². The van der Waals surface area contributed by atoms with Crippen molar-refractivity contribution in [3.63, 3.8) is 0 Å². The van der Waals surface area contributed by atoms with Crippen LogP contribution >= 0.6 is 11.6 Å². The maximum Gasteiger partial charge on any atom is 0.181 e. The van der Waals surface area contributed by atoms with E-state index in [2.05, 4.69) is 26.8 Å². The lowest BCUT2D eigenvalue weighted by atomic mass is 9.78. The van der Waals surface area contributed by atoms with E-state index in [1.54, 1.807) is 12.7 Å². The average Bonchev–Trinajstić information content (AvgIpc) is 3.20. The van der Waals surface area contributed by atoms with E-state index >= 15 is 0 Å². The maximum absolute atomic E-state index is 5.96. The summed E-state index contributed by atoms with van der Waals surface area (Å²) in [6.07, 6.45) is 6.85. The average molecular weight is 343 g/mol. The van der Waals surface area contributed by atoms with Crippen LogP contribution in [0.15, 0.2) is 36.9 Å². The Morgan fingerprint density at radius 1 is 1.12 bits per heavy atom. The molecule has 0 atom stereocenters. The van der Waals surface area contributed by atoms with Crippen LogP contribution in [0.4, 0.5) is 0 Å². The predicted molar refractivity (Wildman–Crippen MR) is 91.6 cm³/mol. The molecule has 1 aromatic carbocycles. The Hall–Kier alpha value is -2.21. The van der Waals surface area contributed by atoms with E-state index in [1.165, 1.54) is 0 Å². The highest BCUT2D eigenvalue weighted by atomic mass is 35.5. The topological polar surface area (TPSA) is 61.4 Å². The first kappa shape index (κ1) is 15.3. The highest BCUT2D eigenvalue weighted by Crippen LogP contribution is 2.39. The summed E-state index contributed by atoms with van der Waals surface area (Å²) in [5.41, 5.74) is 1.00. The molecule has 2 aromatic heterocycles. The van der Waals surface area contributed by atoms with Crippen LogP contribution < -0.4 is 0 Å². The van der Waals surface area contributed by atoms with Crippen molar-refractivity contribution >= 4 is 11.6 Å². The lowest BCUT2D eigenvalue weighted by molar-refractivity contribution is 0.192. The van der Waals surface area contributed by atoms with Crippen LogP contribution in [0.25, 0.3) is 11.4 Å². The Balaban J connectivity index is 1.46. The van der Waals surface area contributed by atoms with Crippen LogP contribution in [0.1, 0.15) is 31.6 Å². The van der Waals surface area contributed by atoms with Crippen molar-refractivity contribution in [2.75, 3.05) is 0 Å². The Bertz CT molecular complexity index is 802. The molecule has 0 N–H and O–H groups in total. The van der Waals surface area contributed by atoms with Crippen LogP contribution in [0, 0.1) is 5.92 Å². The van der Waals surface area contributed by atoms with Crippen molar-refractivity contribution in [2.24, 2.45) is 5.92 Å². The van der Waals surface area contributed by atoms with Crippen molar-refractivity contribution in [3.05, 3.63) is 47.8 Å². The van der Waals surface area contributed by atoms with Gasteiger partial charge in [-0.2, -0.15) is 5.10 Å². The zero-order chi connectivity index (χ0) is 16.5. The number of nitrogens with zero attached hydrogens (tertiary/aromatic N) is 6. The van der Waals surface area contributed by atoms with E-state index in [-0.39, 0.29) is 0 Å². The molecule has 1 aliphatic carbocycles. The number of aromatic nitrogens is 6. The molecule has 2 heterocycles. The van der Waals surface area contributed by atoms with Gasteiger partial charge in [0.05, 0.1) is 0 Å². The zero-order valence-corrected chi connectivity index (χ0v) is 14.3. The zero-order valence-electron chi connectivity index (χ0n) is 13.5. The fourth-order valence-electron chi connectivity index (χ4n) is 3.27. The second-order valence-corrected chi connectivity index (χ2v) is 6.72. The fraction of sp³-hybridized carbons (Fsp3) is 0.412. The summed E-state index contributed by atoms with van der Waals surface area (Å²) >= 11 is 5.96. The van der Waals surface area contributed by atoms with E-state index in [4.69, 9.17) is 16.6 Å². The summed E-state index contributed by atoms with van der Waals surface area (Å²) in [4.78, 5) is 4.77. The molecule has 0 unspecified atom stereocenters. The van der Waals surface area contributed by atoms with Gasteiger partial charge in [0.15, 0.2) is 5.82 Å². The monoisotopic (exact) mass is 342 g/mol. The predicted octanol–water partition coefficient (Wildman–Crippen LogP) is 3.40. The van der Waals surface area contributed by atoms with E-state index in [9.17, 15) is 0 Å². The molecule has 0 bridgehead atoms. The van der Waals surface area contributed by atoms with Gasteiger partial charge in [0.1, 0.15) is 18.5 Å². The van der Waals surface area contributed by atoms with Gasteiger partial charge >= 0.3 is 0 Å². The standard InChI is InChI=1S/C17H19ClN6/c1-2-24-16(9-12-7-15(8-12)23-10-19-20-11-23)21-17(22-24)13-3-5-14(18)6-4-13/h3-6,10-12,15H,2,7-9H2,1H3. The van der Waals surface area contributed by atoms with Gasteiger partial charge in [-0.15, -0.1) is 10.2 Å². The quantitative estimate of drug-likeness (QED) is 0.713. The minimum atomic E-state index is 0.527. The fourth-order valence-corrected chi connectivity index (χ4v) is 3.39. The van der Waals surface area contributed by atoms with Crippen LogP contribution in [-0.2, 0) is 13.0 Å². The van der Waals surface area contributed by atoms with Gasteiger partial charge in [-0.3, -0.25) is 0 Å². The number of halogens is 1. The molecule has 4 rings (SSSR count). The number of rotatable bonds is 5. The first-order chi connectivity index (χ1) is 11.7. The summed E-state index contributed by atoms with van der Waals surface area (Å²) in [5.74, 6) is 2.48. The lowest BCUT2D eigenvalue weighted by Gasteiger charge is -2.35. The van der Waals surface area contributed by atoms with Crippen molar-refractivity contribution in [1.82, 2.24) is 29.5 Å². The van der Waals surface area contributed by atoms with Crippen molar-refractivity contribution in [3.8, 4) is 11.4 Å². The largest absolute Gasteiger partial charge is 0.317 e. The maximum atomic E-state index is 5.96. The molecule has 0 spiro atoms. The van der Waals surface area contributed by atoms with Crippen LogP contribution in [0.3, 0.4) is 0 Å². The summed E-state index contributed by atoms with van der Waals surface area (Å²) in [6, 6.07) is 8.20. The van der Waals surface area contributed by atoms with Crippen LogP contribution in [0.5, 0.6) is 0 Å². The molecule has 24 heavy (non-hydrogen) atoms. The molecule has 3 aromatic rings. The summed E-state index contributed by atoms with van der Waals surface area (Å²) in [7, 11) is 0. The van der Waals surface area contributed by atoms with Crippen molar-refractivity contribution in [2.45, 2.75) is 38.8 Å². The van der Waals surface area contributed by atoms with Gasteiger partial charge in [0.25, 0.3) is 0 Å². The number of aryl methyl sites for hydroxylation is 1. The number of hydrogen-bond acceptors (Lipinski definition) is 4. The summed E-state index contributed by atoms with van der Waals surface area (Å²) in [6.45, 7) is 2.93. The van der Waals surface area contributed by atoms with Gasteiger partial charge < -0.3 is 4.57 Å². The second-order valence-electron chi connectivity index (χ2n) is 6.28. The molecule has 0 amide bonds. The molecule has 124 valence electrons.